The fourth-order valence-electron chi connectivity index (χ4n) is 6.62. The maximum absolute atomic E-state index is 5.54. The number of fused-ring (bicyclic) bond motifs is 4. The molecule has 198 valence electrons. The van der Waals surface area contributed by atoms with Crippen molar-refractivity contribution >= 4 is 43.1 Å². The van der Waals surface area contributed by atoms with Crippen molar-refractivity contribution in [2.24, 2.45) is 0 Å². The summed E-state index contributed by atoms with van der Waals surface area (Å²) in [5.41, 5.74) is 7.50. The maximum atomic E-state index is 5.54. The first-order valence-electron chi connectivity index (χ1n) is 14.4. The monoisotopic (exact) mass is 536 g/mol. The minimum atomic E-state index is 0.871. The van der Waals surface area contributed by atoms with Gasteiger partial charge in [0.1, 0.15) is 5.75 Å². The van der Waals surface area contributed by atoms with Crippen molar-refractivity contribution in [2.45, 2.75) is 0 Å². The van der Waals surface area contributed by atoms with Gasteiger partial charge in [-0.3, -0.25) is 0 Å². The van der Waals surface area contributed by atoms with E-state index in [-0.39, 0.29) is 0 Å². The van der Waals surface area contributed by atoms with E-state index in [1.54, 1.807) is 7.11 Å². The van der Waals surface area contributed by atoms with E-state index in [9.17, 15) is 0 Å². The molecule has 0 spiro atoms. The molecule has 0 aliphatic heterocycles. The van der Waals surface area contributed by atoms with Crippen molar-refractivity contribution in [3.63, 3.8) is 0 Å². The molecule has 0 unspecified atom stereocenters. The van der Waals surface area contributed by atoms with Gasteiger partial charge in [-0.05, 0) is 94.7 Å². The topological polar surface area (TPSA) is 9.23 Å². The molecule has 42 heavy (non-hydrogen) atoms. The fourth-order valence-corrected chi connectivity index (χ4v) is 6.62. The Labute approximate surface area is 245 Å². The molecule has 8 rings (SSSR count). The van der Waals surface area contributed by atoms with E-state index in [1.165, 1.54) is 76.5 Å². The highest BCUT2D eigenvalue weighted by Gasteiger charge is 2.19. The molecule has 8 aromatic carbocycles. The molecule has 0 aliphatic carbocycles. The largest absolute Gasteiger partial charge is 0.497 e. The Hall–Kier alpha value is -5.40. The lowest BCUT2D eigenvalue weighted by Crippen LogP contribution is -1.92. The van der Waals surface area contributed by atoms with E-state index in [2.05, 4.69) is 146 Å². The third-order valence-electron chi connectivity index (χ3n) is 8.55. The Bertz CT molecular complexity index is 2220. The number of hydrogen-bond acceptors (Lipinski definition) is 1. The van der Waals surface area contributed by atoms with E-state index >= 15 is 0 Å². The number of benzene rings is 8. The zero-order chi connectivity index (χ0) is 28.0. The van der Waals surface area contributed by atoms with E-state index in [0.29, 0.717) is 0 Å². The van der Waals surface area contributed by atoms with Gasteiger partial charge in [0.25, 0.3) is 0 Å². The Morgan fingerprint density at radius 2 is 0.881 bits per heavy atom. The van der Waals surface area contributed by atoms with Crippen LogP contribution in [0.25, 0.3) is 76.5 Å². The predicted molar refractivity (Wildman–Crippen MR) is 179 cm³/mol. The van der Waals surface area contributed by atoms with Crippen LogP contribution in [0.2, 0.25) is 0 Å². The number of ether oxygens (including phenoxy) is 1. The zero-order valence-corrected chi connectivity index (χ0v) is 23.3. The highest BCUT2D eigenvalue weighted by atomic mass is 16.5. The van der Waals surface area contributed by atoms with E-state index in [4.69, 9.17) is 4.74 Å². The van der Waals surface area contributed by atoms with Crippen LogP contribution in [0, 0.1) is 0 Å². The molecule has 0 amide bonds. The van der Waals surface area contributed by atoms with Crippen molar-refractivity contribution in [2.75, 3.05) is 7.11 Å². The summed E-state index contributed by atoms with van der Waals surface area (Å²) in [5, 5.41) is 9.93. The van der Waals surface area contributed by atoms with Gasteiger partial charge in [-0.25, -0.2) is 0 Å². The second kappa shape index (κ2) is 9.90. The van der Waals surface area contributed by atoms with Crippen LogP contribution in [-0.4, -0.2) is 7.11 Å². The first kappa shape index (κ1) is 24.4. The van der Waals surface area contributed by atoms with Gasteiger partial charge in [0.05, 0.1) is 7.11 Å². The molecule has 0 aromatic heterocycles. The van der Waals surface area contributed by atoms with E-state index < -0.39 is 0 Å². The number of rotatable bonds is 4. The second-order valence-electron chi connectivity index (χ2n) is 10.8. The van der Waals surface area contributed by atoms with Crippen molar-refractivity contribution in [3.05, 3.63) is 152 Å². The van der Waals surface area contributed by atoms with Crippen LogP contribution in [-0.2, 0) is 0 Å². The third-order valence-corrected chi connectivity index (χ3v) is 8.55. The zero-order valence-electron chi connectivity index (χ0n) is 23.3. The maximum Gasteiger partial charge on any atom is 0.119 e. The summed E-state index contributed by atoms with van der Waals surface area (Å²) < 4.78 is 5.54. The van der Waals surface area contributed by atoms with Crippen molar-refractivity contribution in [3.8, 4) is 39.1 Å². The molecule has 0 saturated heterocycles. The van der Waals surface area contributed by atoms with Gasteiger partial charge in [0.2, 0.25) is 0 Å². The smallest absolute Gasteiger partial charge is 0.119 e. The molecule has 0 heterocycles. The van der Waals surface area contributed by atoms with Crippen LogP contribution in [0.15, 0.2) is 152 Å². The summed E-state index contributed by atoms with van der Waals surface area (Å²) in [6.07, 6.45) is 0. The average molecular weight is 537 g/mol. The highest BCUT2D eigenvalue weighted by Crippen LogP contribution is 2.46. The Morgan fingerprint density at radius 3 is 1.52 bits per heavy atom. The van der Waals surface area contributed by atoms with Crippen LogP contribution in [0.4, 0.5) is 0 Å². The first-order valence-corrected chi connectivity index (χ1v) is 14.4. The van der Waals surface area contributed by atoms with Crippen molar-refractivity contribution < 1.29 is 4.74 Å². The third kappa shape index (κ3) is 3.86. The standard InChI is InChI=1S/C41H28O/c1-42-31-22-21-27-19-20-29(25-30(27)26-31)40-35-15-7-9-17-37(35)41(38-18-10-8-16-36(38)40)39-24-23-32(28-11-3-2-4-12-28)33-13-5-6-14-34(33)39/h2-26H,1H3. The van der Waals surface area contributed by atoms with E-state index in [0.717, 1.165) is 5.75 Å². The average Bonchev–Trinajstić information content (AvgIpc) is 3.06. The molecule has 0 radical (unpaired) electrons. The van der Waals surface area contributed by atoms with Crippen molar-refractivity contribution in [1.82, 2.24) is 0 Å². The first-order chi connectivity index (χ1) is 20.8. The second-order valence-corrected chi connectivity index (χ2v) is 10.8. The van der Waals surface area contributed by atoms with Gasteiger partial charge in [-0.15, -0.1) is 0 Å². The summed E-state index contributed by atoms with van der Waals surface area (Å²) in [7, 11) is 1.72. The van der Waals surface area contributed by atoms with Crippen LogP contribution >= 0.6 is 0 Å². The lowest BCUT2D eigenvalue weighted by Gasteiger charge is -2.20. The van der Waals surface area contributed by atoms with E-state index in [1.807, 2.05) is 6.07 Å². The van der Waals surface area contributed by atoms with Gasteiger partial charge in [-0.1, -0.05) is 133 Å². The molecular formula is C41H28O. The molecule has 0 saturated carbocycles. The van der Waals surface area contributed by atoms with Gasteiger partial charge in [0, 0.05) is 0 Å². The van der Waals surface area contributed by atoms with Gasteiger partial charge in [0.15, 0.2) is 0 Å². The molecule has 0 aliphatic rings. The predicted octanol–water partition coefficient (Wildman–Crippen LogP) is 11.3. The lowest BCUT2D eigenvalue weighted by atomic mass is 9.83. The number of methoxy groups -OCH3 is 1. The molecule has 1 nitrogen and oxygen atoms in total. The Morgan fingerprint density at radius 1 is 0.357 bits per heavy atom. The minimum Gasteiger partial charge on any atom is -0.497 e. The molecule has 0 N–H and O–H groups in total. The molecule has 0 fully saturated rings. The Balaban J connectivity index is 1.46. The molecule has 0 atom stereocenters. The summed E-state index contributed by atoms with van der Waals surface area (Å²) in [4.78, 5) is 0. The van der Waals surface area contributed by atoms with Gasteiger partial charge >= 0.3 is 0 Å². The van der Waals surface area contributed by atoms with Crippen molar-refractivity contribution in [1.29, 1.82) is 0 Å². The summed E-state index contributed by atoms with van der Waals surface area (Å²) in [6.45, 7) is 0. The summed E-state index contributed by atoms with van der Waals surface area (Å²) >= 11 is 0. The summed E-state index contributed by atoms with van der Waals surface area (Å²) in [5.74, 6) is 0.871. The van der Waals surface area contributed by atoms with Crippen LogP contribution in [0.5, 0.6) is 5.75 Å². The Kier molecular flexibility index (Phi) is 5.75. The van der Waals surface area contributed by atoms with Gasteiger partial charge < -0.3 is 4.74 Å². The highest BCUT2D eigenvalue weighted by molar-refractivity contribution is 6.24. The van der Waals surface area contributed by atoms with Crippen LogP contribution in [0.1, 0.15) is 0 Å². The fraction of sp³-hybridized carbons (Fsp3) is 0.0244. The van der Waals surface area contributed by atoms with Crippen LogP contribution < -0.4 is 4.74 Å². The quantitative estimate of drug-likeness (QED) is 0.203. The normalized spacial score (nSPS) is 11.5. The lowest BCUT2D eigenvalue weighted by molar-refractivity contribution is 0.415. The molecule has 1 heteroatoms. The van der Waals surface area contributed by atoms with Gasteiger partial charge in [-0.2, -0.15) is 0 Å². The molecule has 0 bridgehead atoms. The van der Waals surface area contributed by atoms with Crippen LogP contribution in [0.3, 0.4) is 0 Å². The minimum absolute atomic E-state index is 0.871. The molecule has 8 aromatic rings. The number of hydrogen-bond donors (Lipinski definition) is 0. The summed E-state index contributed by atoms with van der Waals surface area (Å²) in [6, 6.07) is 54.9. The SMILES string of the molecule is COc1ccc2ccc(-c3c4ccccc4c(-c4ccc(-c5ccccc5)c5ccccc45)c4ccccc34)cc2c1. The molecular weight excluding hydrogens is 508 g/mol.